The molecule has 0 spiro atoms. The van der Waals surface area contributed by atoms with Crippen molar-refractivity contribution in [3.05, 3.63) is 24.3 Å². The topological polar surface area (TPSA) is 97.7 Å². The molecule has 0 heterocycles. The molecular weight excluding hydrogens is 304 g/mol. The van der Waals surface area contributed by atoms with Crippen molar-refractivity contribution in [1.82, 2.24) is 0 Å². The minimum Gasteiger partial charge on any atom is -0.282 e. The molecule has 0 atom stereocenters. The standard InChI is InChI=1S/C12H18O6S2/c1-9(2)12(3,4)18-20(16,17)11-8-6-5-7-10(11)19(13,14)15/h5-9H,1-4H3,(H,13,14,15). The third-order valence-corrected chi connectivity index (χ3v) is 5.70. The molecule has 0 aromatic heterocycles. The maximum absolute atomic E-state index is 12.2. The molecule has 0 aliphatic carbocycles. The maximum atomic E-state index is 12.2. The second-order valence-corrected chi connectivity index (χ2v) is 8.12. The fraction of sp³-hybridized carbons (Fsp3) is 0.500. The Morgan fingerprint density at radius 2 is 1.50 bits per heavy atom. The van der Waals surface area contributed by atoms with Crippen molar-refractivity contribution in [1.29, 1.82) is 0 Å². The first-order valence-electron chi connectivity index (χ1n) is 5.90. The van der Waals surface area contributed by atoms with E-state index in [0.717, 1.165) is 12.1 Å². The van der Waals surface area contributed by atoms with Gasteiger partial charge in [-0.1, -0.05) is 26.0 Å². The Kier molecular flexibility index (Phi) is 4.65. The monoisotopic (exact) mass is 322 g/mol. The van der Waals surface area contributed by atoms with Crippen LogP contribution in [0.3, 0.4) is 0 Å². The third-order valence-electron chi connectivity index (χ3n) is 3.11. The van der Waals surface area contributed by atoms with Crippen LogP contribution in [0, 0.1) is 5.92 Å². The summed E-state index contributed by atoms with van der Waals surface area (Å²) in [6, 6.07) is 4.76. The molecule has 1 N–H and O–H groups in total. The van der Waals surface area contributed by atoms with Crippen molar-refractivity contribution in [3.63, 3.8) is 0 Å². The lowest BCUT2D eigenvalue weighted by Gasteiger charge is -2.28. The van der Waals surface area contributed by atoms with Crippen LogP contribution in [0.15, 0.2) is 34.1 Å². The van der Waals surface area contributed by atoms with Gasteiger partial charge in [0.25, 0.3) is 20.2 Å². The average molecular weight is 322 g/mol. The summed E-state index contributed by atoms with van der Waals surface area (Å²) in [5.41, 5.74) is -1.01. The Bertz CT molecular complexity index is 686. The Labute approximate surface area is 119 Å². The van der Waals surface area contributed by atoms with Crippen LogP contribution in [-0.4, -0.2) is 27.0 Å². The van der Waals surface area contributed by atoms with Gasteiger partial charge >= 0.3 is 0 Å². The molecule has 0 amide bonds. The lowest BCUT2D eigenvalue weighted by atomic mass is 9.95. The van der Waals surface area contributed by atoms with Crippen LogP contribution >= 0.6 is 0 Å². The summed E-state index contributed by atoms with van der Waals surface area (Å²) in [6.07, 6.45) is 0. The number of benzene rings is 1. The highest BCUT2D eigenvalue weighted by molar-refractivity contribution is 7.89. The second-order valence-electron chi connectivity index (χ2n) is 5.22. The molecule has 20 heavy (non-hydrogen) atoms. The van der Waals surface area contributed by atoms with Crippen LogP contribution in [0.25, 0.3) is 0 Å². The minimum atomic E-state index is -4.65. The normalized spacial score (nSPS) is 13.7. The van der Waals surface area contributed by atoms with Gasteiger partial charge in [-0.2, -0.15) is 16.8 Å². The van der Waals surface area contributed by atoms with Gasteiger partial charge < -0.3 is 0 Å². The van der Waals surface area contributed by atoms with Gasteiger partial charge in [-0.15, -0.1) is 0 Å². The zero-order chi connectivity index (χ0) is 15.8. The van der Waals surface area contributed by atoms with E-state index in [1.807, 2.05) is 0 Å². The molecule has 1 aromatic carbocycles. The van der Waals surface area contributed by atoms with Crippen molar-refractivity contribution < 1.29 is 25.6 Å². The highest BCUT2D eigenvalue weighted by Crippen LogP contribution is 2.29. The highest BCUT2D eigenvalue weighted by atomic mass is 32.2. The number of rotatable bonds is 5. The Hall–Kier alpha value is -0.960. The fourth-order valence-electron chi connectivity index (χ4n) is 1.29. The Morgan fingerprint density at radius 3 is 1.90 bits per heavy atom. The number of hydrogen-bond acceptors (Lipinski definition) is 5. The predicted molar refractivity (Wildman–Crippen MR) is 73.4 cm³/mol. The first kappa shape index (κ1) is 17.1. The van der Waals surface area contributed by atoms with Gasteiger partial charge in [0.05, 0.1) is 5.60 Å². The third kappa shape index (κ3) is 3.78. The quantitative estimate of drug-likeness (QED) is 0.658. The van der Waals surface area contributed by atoms with Gasteiger partial charge in [0.2, 0.25) is 0 Å². The van der Waals surface area contributed by atoms with Crippen LogP contribution < -0.4 is 0 Å². The van der Waals surface area contributed by atoms with Crippen LogP contribution in [-0.2, 0) is 24.4 Å². The van der Waals surface area contributed by atoms with Crippen molar-refractivity contribution in [2.75, 3.05) is 0 Å². The van der Waals surface area contributed by atoms with E-state index in [0.29, 0.717) is 0 Å². The summed E-state index contributed by atoms with van der Waals surface area (Å²) in [5, 5.41) is 0. The molecule has 114 valence electrons. The molecule has 8 heteroatoms. The molecular formula is C12H18O6S2. The van der Waals surface area contributed by atoms with Gasteiger partial charge in [-0.05, 0) is 31.9 Å². The lowest BCUT2D eigenvalue weighted by Crippen LogP contribution is -2.34. The molecule has 1 rings (SSSR count). The summed E-state index contributed by atoms with van der Waals surface area (Å²) in [7, 11) is -8.97. The van der Waals surface area contributed by atoms with E-state index in [1.165, 1.54) is 12.1 Å². The molecule has 0 fully saturated rings. The largest absolute Gasteiger partial charge is 0.298 e. The average Bonchev–Trinajstić information content (AvgIpc) is 2.26. The molecule has 1 aromatic rings. The van der Waals surface area contributed by atoms with E-state index in [1.54, 1.807) is 27.7 Å². The fourth-order valence-corrected chi connectivity index (χ4v) is 3.90. The van der Waals surface area contributed by atoms with Gasteiger partial charge in [0.1, 0.15) is 9.79 Å². The van der Waals surface area contributed by atoms with E-state index >= 15 is 0 Å². The van der Waals surface area contributed by atoms with Crippen LogP contribution in [0.1, 0.15) is 27.7 Å². The SMILES string of the molecule is CC(C)C(C)(C)OS(=O)(=O)c1ccccc1S(=O)(=O)O. The zero-order valence-corrected chi connectivity index (χ0v) is 13.3. The van der Waals surface area contributed by atoms with Crippen molar-refractivity contribution in [2.24, 2.45) is 5.92 Å². The van der Waals surface area contributed by atoms with Gasteiger partial charge in [-0.3, -0.25) is 8.74 Å². The van der Waals surface area contributed by atoms with E-state index < -0.39 is 35.6 Å². The van der Waals surface area contributed by atoms with Crippen LogP contribution in [0.5, 0.6) is 0 Å². The molecule has 0 saturated carbocycles. The number of hydrogen-bond donors (Lipinski definition) is 1. The smallest absolute Gasteiger partial charge is 0.282 e. The molecule has 0 aliphatic rings. The summed E-state index contributed by atoms with van der Waals surface area (Å²) in [6.45, 7) is 6.74. The van der Waals surface area contributed by atoms with Gasteiger partial charge in [0.15, 0.2) is 0 Å². The molecule has 0 saturated heterocycles. The van der Waals surface area contributed by atoms with Crippen molar-refractivity contribution >= 4 is 20.2 Å². The van der Waals surface area contributed by atoms with E-state index in [2.05, 4.69) is 0 Å². The van der Waals surface area contributed by atoms with Crippen LogP contribution in [0.2, 0.25) is 0 Å². The lowest BCUT2D eigenvalue weighted by molar-refractivity contribution is 0.0672. The van der Waals surface area contributed by atoms with Crippen molar-refractivity contribution in [3.8, 4) is 0 Å². The van der Waals surface area contributed by atoms with E-state index in [4.69, 9.17) is 8.74 Å². The maximum Gasteiger partial charge on any atom is 0.298 e. The first-order chi connectivity index (χ1) is 8.88. The Balaban J connectivity index is 3.39. The molecule has 0 radical (unpaired) electrons. The Morgan fingerprint density at radius 1 is 1.05 bits per heavy atom. The molecule has 0 aliphatic heterocycles. The van der Waals surface area contributed by atoms with E-state index in [-0.39, 0.29) is 5.92 Å². The van der Waals surface area contributed by atoms with Gasteiger partial charge in [0, 0.05) is 0 Å². The highest BCUT2D eigenvalue weighted by Gasteiger charge is 2.34. The molecule has 0 unspecified atom stereocenters. The molecule has 0 bridgehead atoms. The summed E-state index contributed by atoms with van der Waals surface area (Å²) >= 11 is 0. The summed E-state index contributed by atoms with van der Waals surface area (Å²) in [4.78, 5) is -1.27. The van der Waals surface area contributed by atoms with E-state index in [9.17, 15) is 16.8 Å². The first-order valence-corrected chi connectivity index (χ1v) is 8.75. The zero-order valence-electron chi connectivity index (χ0n) is 11.7. The second kappa shape index (κ2) is 5.44. The summed E-state index contributed by atoms with van der Waals surface area (Å²) < 4.78 is 61.1. The van der Waals surface area contributed by atoms with Crippen LogP contribution in [0.4, 0.5) is 0 Å². The van der Waals surface area contributed by atoms with Crippen molar-refractivity contribution in [2.45, 2.75) is 43.1 Å². The predicted octanol–water partition coefficient (Wildman–Crippen LogP) is 2.07. The minimum absolute atomic E-state index is 0.116. The molecule has 6 nitrogen and oxygen atoms in total. The van der Waals surface area contributed by atoms with Gasteiger partial charge in [-0.25, -0.2) is 0 Å². The summed E-state index contributed by atoms with van der Waals surface area (Å²) in [5.74, 6) is -0.116.